The second-order valence-corrected chi connectivity index (χ2v) is 6.53. The maximum atomic E-state index is 13.3. The summed E-state index contributed by atoms with van der Waals surface area (Å²) in [4.78, 5) is 50.7. The van der Waals surface area contributed by atoms with Gasteiger partial charge in [-0.15, -0.1) is 0 Å². The van der Waals surface area contributed by atoms with Crippen molar-refractivity contribution in [1.29, 1.82) is 0 Å². The Hall–Kier alpha value is -3.75. The van der Waals surface area contributed by atoms with E-state index < -0.39 is 53.0 Å². The summed E-state index contributed by atoms with van der Waals surface area (Å²) in [5.74, 6) is -3.63. The summed E-state index contributed by atoms with van der Waals surface area (Å²) >= 11 is 0. The lowest BCUT2D eigenvalue weighted by molar-refractivity contribution is -0.140. The zero-order valence-corrected chi connectivity index (χ0v) is 16.2. The molecule has 0 bridgehead atoms. The number of hydrogen-bond acceptors (Lipinski definition) is 5. The normalized spacial score (nSPS) is 13.9. The first-order chi connectivity index (χ1) is 14.6. The van der Waals surface area contributed by atoms with Gasteiger partial charge < -0.3 is 4.74 Å². The summed E-state index contributed by atoms with van der Waals surface area (Å²) in [7, 11) is 0. The highest BCUT2D eigenvalue weighted by Crippen LogP contribution is 2.33. The molecular formula is C22H16F3NO5. The fourth-order valence-electron chi connectivity index (χ4n) is 3.11. The van der Waals surface area contributed by atoms with Gasteiger partial charge in [0.2, 0.25) is 0 Å². The predicted molar refractivity (Wildman–Crippen MR) is 103 cm³/mol. The number of ether oxygens (including phenoxy) is 1. The van der Waals surface area contributed by atoms with Crippen LogP contribution in [-0.2, 0) is 20.5 Å². The third-order valence-electron chi connectivity index (χ3n) is 4.54. The summed E-state index contributed by atoms with van der Waals surface area (Å²) in [6.07, 6.45) is -3.96. The van der Waals surface area contributed by atoms with Crippen LogP contribution < -0.4 is 0 Å². The quantitative estimate of drug-likeness (QED) is 0.230. The third-order valence-corrected chi connectivity index (χ3v) is 4.54. The molecule has 1 heterocycles. The molecule has 0 radical (unpaired) electrons. The fraction of sp³-hybridized carbons (Fsp3) is 0.182. The highest BCUT2D eigenvalue weighted by atomic mass is 19.4. The van der Waals surface area contributed by atoms with Gasteiger partial charge in [0.15, 0.2) is 5.78 Å². The third kappa shape index (κ3) is 4.40. The number of benzene rings is 2. The highest BCUT2D eigenvalue weighted by molar-refractivity contribution is 6.26. The Bertz CT molecular complexity index is 1070. The molecule has 0 aromatic heterocycles. The number of Topliss-reactive ketones (excluding diaryl/α,β-unsaturated/α-hetero) is 1. The van der Waals surface area contributed by atoms with E-state index in [1.165, 1.54) is 31.2 Å². The van der Waals surface area contributed by atoms with Crippen LogP contribution in [0.15, 0.2) is 54.1 Å². The summed E-state index contributed by atoms with van der Waals surface area (Å²) < 4.78 is 44.7. The van der Waals surface area contributed by atoms with Crippen LogP contribution in [0.1, 0.15) is 38.8 Å². The lowest BCUT2D eigenvalue weighted by Gasteiger charge is -2.15. The first-order valence-corrected chi connectivity index (χ1v) is 9.18. The van der Waals surface area contributed by atoms with Crippen molar-refractivity contribution in [3.8, 4) is 0 Å². The predicted octanol–water partition coefficient (Wildman–Crippen LogP) is 3.52. The summed E-state index contributed by atoms with van der Waals surface area (Å²) in [5.41, 5.74) is -1.97. The van der Waals surface area contributed by atoms with Crippen LogP contribution >= 0.6 is 0 Å². The minimum absolute atomic E-state index is 0.101. The molecule has 0 saturated carbocycles. The van der Waals surface area contributed by atoms with E-state index in [1.54, 1.807) is 12.1 Å². The molecule has 31 heavy (non-hydrogen) atoms. The Labute approximate surface area is 174 Å². The van der Waals surface area contributed by atoms with Crippen molar-refractivity contribution in [2.24, 2.45) is 0 Å². The lowest BCUT2D eigenvalue weighted by Crippen LogP contribution is -2.36. The smallest absolute Gasteiger partial charge is 0.416 e. The van der Waals surface area contributed by atoms with E-state index in [0.29, 0.717) is 4.90 Å². The molecule has 0 fully saturated rings. The molecule has 160 valence electrons. The van der Waals surface area contributed by atoms with Crippen molar-refractivity contribution >= 4 is 29.6 Å². The zero-order chi connectivity index (χ0) is 22.8. The molecule has 0 atom stereocenters. The van der Waals surface area contributed by atoms with Gasteiger partial charge in [-0.2, -0.15) is 13.2 Å². The van der Waals surface area contributed by atoms with Crippen molar-refractivity contribution < 1.29 is 37.1 Å². The van der Waals surface area contributed by atoms with Gasteiger partial charge in [0.1, 0.15) is 5.57 Å². The average Bonchev–Trinajstić information content (AvgIpc) is 2.96. The number of ketones is 1. The Morgan fingerprint density at radius 2 is 1.52 bits per heavy atom. The Balaban J connectivity index is 1.97. The Morgan fingerprint density at radius 3 is 2.06 bits per heavy atom. The van der Waals surface area contributed by atoms with Crippen LogP contribution in [0.5, 0.6) is 0 Å². The number of imide groups is 1. The van der Waals surface area contributed by atoms with E-state index in [-0.39, 0.29) is 17.7 Å². The van der Waals surface area contributed by atoms with Crippen LogP contribution in [0.3, 0.4) is 0 Å². The average molecular weight is 431 g/mol. The number of fused-ring (bicyclic) bond motifs is 1. The second kappa shape index (κ2) is 8.55. The number of amides is 2. The zero-order valence-electron chi connectivity index (χ0n) is 16.2. The molecule has 2 aromatic rings. The monoisotopic (exact) mass is 431 g/mol. The first kappa shape index (κ1) is 21.9. The Morgan fingerprint density at radius 1 is 0.968 bits per heavy atom. The topological polar surface area (TPSA) is 80.8 Å². The molecule has 0 N–H and O–H groups in total. The number of halogens is 3. The van der Waals surface area contributed by atoms with Gasteiger partial charge in [0.25, 0.3) is 11.8 Å². The number of carbonyl (C=O) groups excluding carboxylic acids is 4. The Kier molecular flexibility index (Phi) is 6.05. The van der Waals surface area contributed by atoms with E-state index >= 15 is 0 Å². The van der Waals surface area contributed by atoms with Crippen molar-refractivity contribution in [3.63, 3.8) is 0 Å². The molecule has 2 aromatic carbocycles. The molecule has 0 aliphatic carbocycles. The number of rotatable bonds is 6. The minimum atomic E-state index is -4.72. The van der Waals surface area contributed by atoms with Gasteiger partial charge in [-0.25, -0.2) is 4.79 Å². The van der Waals surface area contributed by atoms with Gasteiger partial charge >= 0.3 is 12.1 Å². The number of esters is 1. The lowest BCUT2D eigenvalue weighted by atomic mass is 10.0. The summed E-state index contributed by atoms with van der Waals surface area (Å²) in [6, 6.07) is 10.3. The van der Waals surface area contributed by atoms with Crippen LogP contribution in [0.2, 0.25) is 0 Å². The molecule has 6 nitrogen and oxygen atoms in total. The van der Waals surface area contributed by atoms with Crippen LogP contribution in [0.4, 0.5) is 13.2 Å². The molecule has 2 amide bonds. The van der Waals surface area contributed by atoms with Crippen molar-refractivity contribution in [3.05, 3.63) is 76.4 Å². The van der Waals surface area contributed by atoms with Gasteiger partial charge in [0.05, 0.1) is 29.8 Å². The maximum absolute atomic E-state index is 13.3. The van der Waals surface area contributed by atoms with Gasteiger partial charge in [0, 0.05) is 0 Å². The summed E-state index contributed by atoms with van der Waals surface area (Å²) in [5, 5.41) is 0. The molecule has 1 aliphatic heterocycles. The van der Waals surface area contributed by atoms with Gasteiger partial charge in [-0.1, -0.05) is 30.3 Å². The molecule has 3 rings (SSSR count). The molecule has 0 saturated heterocycles. The molecular weight excluding hydrogens is 415 g/mol. The van der Waals surface area contributed by atoms with Crippen molar-refractivity contribution in [2.45, 2.75) is 13.1 Å². The minimum Gasteiger partial charge on any atom is -0.462 e. The van der Waals surface area contributed by atoms with E-state index in [4.69, 9.17) is 4.74 Å². The van der Waals surface area contributed by atoms with Crippen LogP contribution in [0, 0.1) is 0 Å². The molecule has 1 aliphatic rings. The summed E-state index contributed by atoms with van der Waals surface area (Å²) in [6.45, 7) is 0.524. The van der Waals surface area contributed by atoms with E-state index in [1.807, 2.05) is 0 Å². The largest absolute Gasteiger partial charge is 0.462 e. The number of hydrogen-bond donors (Lipinski definition) is 0. The van der Waals surface area contributed by atoms with Crippen LogP contribution in [0.25, 0.3) is 6.08 Å². The number of alkyl halides is 3. The van der Waals surface area contributed by atoms with Crippen LogP contribution in [-0.4, -0.2) is 41.6 Å². The molecule has 9 heteroatoms. The molecule has 0 unspecified atom stereocenters. The van der Waals surface area contributed by atoms with Gasteiger partial charge in [-0.3, -0.25) is 19.3 Å². The van der Waals surface area contributed by atoms with Gasteiger partial charge in [-0.05, 0) is 36.8 Å². The SMILES string of the molecule is CCOC(=O)C(=Cc1ccccc1C(F)(F)F)C(=O)CN1C(=O)c2ccccc2C1=O. The first-order valence-electron chi connectivity index (χ1n) is 9.18. The van der Waals surface area contributed by atoms with E-state index in [2.05, 4.69) is 0 Å². The number of carbonyl (C=O) groups is 4. The maximum Gasteiger partial charge on any atom is 0.416 e. The standard InChI is InChI=1S/C22H16F3NO5/c1-2-31-21(30)16(11-13-7-3-6-10-17(13)22(23,24)25)18(27)12-26-19(28)14-8-4-5-9-15(14)20(26)29/h3-11H,2,12H2,1H3. The van der Waals surface area contributed by atoms with E-state index in [0.717, 1.165) is 18.2 Å². The molecule has 0 spiro atoms. The van der Waals surface area contributed by atoms with Crippen molar-refractivity contribution in [1.82, 2.24) is 4.90 Å². The highest BCUT2D eigenvalue weighted by Gasteiger charge is 2.38. The van der Waals surface area contributed by atoms with E-state index in [9.17, 15) is 32.3 Å². The fourth-order valence-corrected chi connectivity index (χ4v) is 3.11. The second-order valence-electron chi connectivity index (χ2n) is 6.53. The number of nitrogens with zero attached hydrogens (tertiary/aromatic N) is 1. The van der Waals surface area contributed by atoms with Crippen molar-refractivity contribution in [2.75, 3.05) is 13.2 Å².